The molecule has 4 heterocycles. The van der Waals surface area contributed by atoms with Gasteiger partial charge in [0.2, 0.25) is 0 Å². The van der Waals surface area contributed by atoms with Gasteiger partial charge in [-0.1, -0.05) is 125 Å². The van der Waals surface area contributed by atoms with Crippen LogP contribution < -0.4 is 15.7 Å². The van der Waals surface area contributed by atoms with E-state index in [1.807, 2.05) is 11.3 Å². The number of aromatic nitrogens is 1. The Balaban J connectivity index is 1.27. The highest BCUT2D eigenvalue weighted by Crippen LogP contribution is 2.54. The molecule has 2 aliphatic heterocycles. The zero-order valence-corrected chi connectivity index (χ0v) is 38.3. The van der Waals surface area contributed by atoms with Gasteiger partial charge >= 0.3 is 6.85 Å². The molecular weight excluding hydrogens is 744 g/mol. The summed E-state index contributed by atoms with van der Waals surface area (Å²) in [6.07, 6.45) is 4.77. The molecule has 0 fully saturated rings. The molecule has 6 aromatic carbocycles. The van der Waals surface area contributed by atoms with E-state index in [4.69, 9.17) is 0 Å². The standard InChI is InChI=1S/C56H57BN2S/c1-52(2,3)32-16-18-33(19-17-32)59-46-30-42-40(53(4,5)22-24-55(42,8)9)26-37(46)35-20-21-36-38-28-49-39(34-14-12-13-15-48(34)60-49)27-45(38)58-47-31-43-41(54(6,7)23-25-56(43,10)11)29-44(47)57(59)50(35)51(36)58/h12-21,26-31H,22-25H2,1-11H3. The van der Waals surface area contributed by atoms with Crippen molar-refractivity contribution in [1.82, 2.24) is 4.57 Å². The fourth-order valence-corrected chi connectivity index (χ4v) is 13.3. The third-order valence-electron chi connectivity index (χ3n) is 16.1. The topological polar surface area (TPSA) is 8.17 Å². The van der Waals surface area contributed by atoms with E-state index >= 15 is 0 Å². The van der Waals surface area contributed by atoms with Gasteiger partial charge < -0.3 is 9.38 Å². The number of benzene rings is 6. The number of fused-ring (bicyclic) bond motifs is 13. The summed E-state index contributed by atoms with van der Waals surface area (Å²) < 4.78 is 5.45. The molecule has 0 N–H and O–H groups in total. The smallest absolute Gasteiger partial charge is 0.333 e. The van der Waals surface area contributed by atoms with Crippen LogP contribution in [0.2, 0.25) is 0 Å². The maximum Gasteiger partial charge on any atom is 0.333 e. The molecular formula is C56H57BN2S. The molecule has 60 heavy (non-hydrogen) atoms. The predicted octanol–water partition coefficient (Wildman–Crippen LogP) is 14.4. The molecule has 0 radical (unpaired) electrons. The lowest BCUT2D eigenvalue weighted by molar-refractivity contribution is 0.332. The van der Waals surface area contributed by atoms with Gasteiger partial charge in [-0.15, -0.1) is 11.3 Å². The van der Waals surface area contributed by atoms with E-state index in [0.717, 1.165) is 0 Å². The zero-order chi connectivity index (χ0) is 41.6. The van der Waals surface area contributed by atoms with Crippen LogP contribution in [-0.4, -0.2) is 11.4 Å². The number of anilines is 2. The summed E-state index contributed by atoms with van der Waals surface area (Å²) in [6, 6.07) is 39.3. The number of hydrogen-bond donors (Lipinski definition) is 0. The molecule has 0 amide bonds. The fourth-order valence-electron chi connectivity index (χ4n) is 12.1. The van der Waals surface area contributed by atoms with E-state index in [9.17, 15) is 0 Å². The summed E-state index contributed by atoms with van der Waals surface area (Å²) in [6.45, 7) is 26.9. The van der Waals surface area contributed by atoms with Gasteiger partial charge in [-0.2, -0.15) is 0 Å². The normalized spacial score (nSPS) is 19.1. The number of thiophene rings is 1. The Morgan fingerprint density at radius 1 is 0.533 bits per heavy atom. The SMILES string of the molecule is CC(C)(C)c1ccc(N2B3c4cc5c(cc4-n4c6cc7c(cc6c6ccc(c3c64)-c3cc4c(cc32)C(C)(C)CCC4(C)C)sc2ccccc27)C(C)(C)CCC5(C)C)cc1. The monoisotopic (exact) mass is 800 g/mol. The second kappa shape index (κ2) is 11.6. The highest BCUT2D eigenvalue weighted by molar-refractivity contribution is 7.25. The van der Waals surface area contributed by atoms with E-state index in [0.29, 0.717) is 0 Å². The molecule has 0 saturated carbocycles. The van der Waals surface area contributed by atoms with Crippen molar-refractivity contribution in [2.75, 3.05) is 4.81 Å². The first kappa shape index (κ1) is 37.0. The van der Waals surface area contributed by atoms with E-state index in [1.54, 1.807) is 0 Å². The largest absolute Gasteiger partial charge is 0.376 e. The maximum absolute atomic E-state index is 2.78. The third kappa shape index (κ3) is 4.83. The van der Waals surface area contributed by atoms with Crippen molar-refractivity contribution in [2.24, 2.45) is 0 Å². The Morgan fingerprint density at radius 3 is 1.78 bits per heavy atom. The van der Waals surface area contributed by atoms with Crippen molar-refractivity contribution in [1.29, 1.82) is 0 Å². The first-order chi connectivity index (χ1) is 28.3. The number of nitrogens with zero attached hydrogens (tertiary/aromatic N) is 2. The summed E-state index contributed by atoms with van der Waals surface area (Å²) >= 11 is 1.93. The van der Waals surface area contributed by atoms with E-state index < -0.39 is 0 Å². The van der Waals surface area contributed by atoms with Gasteiger partial charge in [0.15, 0.2) is 0 Å². The minimum absolute atomic E-state index is 0.00866. The Hall–Kier alpha value is -4.80. The summed E-state index contributed by atoms with van der Waals surface area (Å²) in [5.74, 6) is 0. The molecule has 4 aliphatic rings. The molecule has 0 atom stereocenters. The molecule has 2 aliphatic carbocycles. The Bertz CT molecular complexity index is 3200. The summed E-state index contributed by atoms with van der Waals surface area (Å²) in [5.41, 5.74) is 20.2. The van der Waals surface area contributed by atoms with Crippen LogP contribution in [0.5, 0.6) is 0 Å². The van der Waals surface area contributed by atoms with Gasteiger partial charge in [-0.3, -0.25) is 0 Å². The minimum Gasteiger partial charge on any atom is -0.376 e. The first-order valence-electron chi connectivity index (χ1n) is 22.5. The molecule has 0 spiro atoms. The van der Waals surface area contributed by atoms with Gasteiger partial charge in [-0.05, 0) is 146 Å². The Kier molecular flexibility index (Phi) is 7.13. The van der Waals surface area contributed by atoms with Crippen LogP contribution in [0.4, 0.5) is 11.4 Å². The maximum atomic E-state index is 2.78. The molecule has 12 rings (SSSR count). The van der Waals surface area contributed by atoms with Crippen molar-refractivity contribution in [3.05, 3.63) is 125 Å². The summed E-state index contributed by atoms with van der Waals surface area (Å²) in [7, 11) is 0. The van der Waals surface area contributed by atoms with E-state index in [2.05, 4.69) is 183 Å². The van der Waals surface area contributed by atoms with E-state index in [-0.39, 0.29) is 33.9 Å². The summed E-state index contributed by atoms with van der Waals surface area (Å²) in [5, 5.41) is 5.44. The van der Waals surface area contributed by atoms with Crippen LogP contribution >= 0.6 is 11.3 Å². The second-order valence-electron chi connectivity index (χ2n) is 22.7. The van der Waals surface area contributed by atoms with E-state index in [1.165, 1.54) is 135 Å². The molecule has 300 valence electrons. The quantitative estimate of drug-likeness (QED) is 0.150. The third-order valence-corrected chi connectivity index (χ3v) is 17.2. The van der Waals surface area contributed by atoms with Crippen LogP contribution in [0, 0.1) is 0 Å². The van der Waals surface area contributed by atoms with Crippen molar-refractivity contribution in [3.8, 4) is 16.8 Å². The molecule has 0 unspecified atom stereocenters. The lowest BCUT2D eigenvalue weighted by Gasteiger charge is -2.47. The van der Waals surface area contributed by atoms with Gasteiger partial charge in [0, 0.05) is 53.6 Å². The van der Waals surface area contributed by atoms with Crippen LogP contribution in [0.3, 0.4) is 0 Å². The first-order valence-corrected chi connectivity index (χ1v) is 23.4. The number of hydrogen-bond acceptors (Lipinski definition) is 2. The molecule has 0 saturated heterocycles. The van der Waals surface area contributed by atoms with Crippen molar-refractivity contribution in [2.45, 2.75) is 129 Å². The highest BCUT2D eigenvalue weighted by atomic mass is 32.1. The van der Waals surface area contributed by atoms with Gasteiger partial charge in [0.05, 0.1) is 11.0 Å². The highest BCUT2D eigenvalue weighted by Gasteiger charge is 2.48. The molecule has 2 aromatic heterocycles. The van der Waals surface area contributed by atoms with Crippen LogP contribution in [-0.2, 0) is 27.1 Å². The zero-order valence-electron chi connectivity index (χ0n) is 37.4. The van der Waals surface area contributed by atoms with Gasteiger partial charge in [-0.25, -0.2) is 0 Å². The molecule has 0 bridgehead atoms. The Labute approximate surface area is 360 Å². The van der Waals surface area contributed by atoms with Crippen LogP contribution in [0.1, 0.15) is 130 Å². The fraction of sp³-hybridized carbons (Fsp3) is 0.357. The molecule has 8 aromatic rings. The van der Waals surface area contributed by atoms with Crippen LogP contribution in [0.15, 0.2) is 97.1 Å². The average molecular weight is 801 g/mol. The van der Waals surface area contributed by atoms with Crippen molar-refractivity contribution >= 4 is 82.5 Å². The lowest BCUT2D eigenvalue weighted by Crippen LogP contribution is -2.61. The summed E-state index contributed by atoms with van der Waals surface area (Å²) in [4.78, 5) is 2.78. The molecule has 2 nitrogen and oxygen atoms in total. The Morgan fingerprint density at radius 2 is 1.13 bits per heavy atom. The minimum atomic E-state index is 0.00866. The number of rotatable bonds is 1. The molecule has 4 heteroatoms. The predicted molar refractivity (Wildman–Crippen MR) is 262 cm³/mol. The van der Waals surface area contributed by atoms with Gasteiger partial charge in [0.1, 0.15) is 0 Å². The second-order valence-corrected chi connectivity index (χ2v) is 23.8. The van der Waals surface area contributed by atoms with Crippen molar-refractivity contribution < 1.29 is 0 Å². The van der Waals surface area contributed by atoms with Crippen LogP contribution in [0.25, 0.3) is 58.8 Å². The average Bonchev–Trinajstić information content (AvgIpc) is 3.74. The van der Waals surface area contributed by atoms with Crippen molar-refractivity contribution in [3.63, 3.8) is 0 Å². The van der Waals surface area contributed by atoms with Gasteiger partial charge in [0.25, 0.3) is 0 Å². The lowest BCUT2D eigenvalue weighted by atomic mass is 9.43.